The Morgan fingerprint density at radius 1 is 1.35 bits per heavy atom. The van der Waals surface area contributed by atoms with Gasteiger partial charge in [0.25, 0.3) is 0 Å². The molecule has 98 valence electrons. The molecule has 8 nitrogen and oxygen atoms in total. The largest absolute Gasteiger partial charge is 0.481 e. The number of nitrogens with one attached hydrogen (secondary N) is 2. The molecule has 0 aromatic heterocycles. The van der Waals surface area contributed by atoms with Gasteiger partial charge >= 0.3 is 18.0 Å². The highest BCUT2D eigenvalue weighted by Gasteiger charge is 2.10. The van der Waals surface area contributed by atoms with Crippen LogP contribution < -0.4 is 9.44 Å². The highest BCUT2D eigenvalue weighted by Crippen LogP contribution is 1.95. The topological polar surface area (TPSA) is 125 Å². The quantitative estimate of drug-likeness (QED) is 0.363. The molecule has 0 spiro atoms. The maximum absolute atomic E-state index is 11.0. The van der Waals surface area contributed by atoms with Crippen molar-refractivity contribution in [2.45, 2.75) is 25.8 Å². The molecule has 0 aliphatic carbocycles. The number of amides is 1. The molecule has 0 rings (SSSR count). The summed E-state index contributed by atoms with van der Waals surface area (Å²) in [6.45, 7) is 1.41. The summed E-state index contributed by atoms with van der Waals surface area (Å²) in [4.78, 5) is 31.5. The third-order valence-electron chi connectivity index (χ3n) is 1.51. The van der Waals surface area contributed by atoms with Gasteiger partial charge in [-0.25, -0.2) is 9.52 Å². The van der Waals surface area contributed by atoms with E-state index >= 15 is 0 Å². The zero-order valence-corrected chi connectivity index (χ0v) is 9.95. The van der Waals surface area contributed by atoms with Crippen LogP contribution in [0.1, 0.15) is 19.8 Å². The average molecular weight is 266 g/mol. The Kier molecular flexibility index (Phi) is 7.89. The first-order valence-electron chi connectivity index (χ1n) is 4.72. The van der Waals surface area contributed by atoms with Gasteiger partial charge in [0.2, 0.25) is 0 Å². The molecule has 0 aromatic carbocycles. The van der Waals surface area contributed by atoms with E-state index in [-0.39, 0.29) is 19.4 Å². The van der Waals surface area contributed by atoms with Crippen LogP contribution >= 0.6 is 12.1 Å². The molecule has 1 amide bonds. The Morgan fingerprint density at radius 3 is 2.53 bits per heavy atom. The lowest BCUT2D eigenvalue weighted by atomic mass is 10.3. The molecule has 17 heavy (non-hydrogen) atoms. The van der Waals surface area contributed by atoms with Gasteiger partial charge in [-0.2, -0.15) is 0 Å². The molecule has 0 aromatic rings. The van der Waals surface area contributed by atoms with Gasteiger partial charge in [-0.1, -0.05) is 0 Å². The summed E-state index contributed by atoms with van der Waals surface area (Å²) in [6.07, 6.45) is -0.605. The highest BCUT2D eigenvalue weighted by atomic mass is 32.2. The van der Waals surface area contributed by atoms with Crippen LogP contribution in [-0.4, -0.2) is 40.9 Å². The predicted octanol–water partition coefficient (Wildman–Crippen LogP) is 0.203. The second-order valence-electron chi connectivity index (χ2n) is 3.02. The normalized spacial score (nSPS) is 11.6. The van der Waals surface area contributed by atoms with E-state index in [4.69, 9.17) is 10.2 Å². The molecule has 0 bridgehead atoms. The molecular formula is C8H14N2O6S. The van der Waals surface area contributed by atoms with Crippen molar-refractivity contribution < 1.29 is 29.3 Å². The predicted molar refractivity (Wildman–Crippen MR) is 59.2 cm³/mol. The monoisotopic (exact) mass is 266 g/mol. The van der Waals surface area contributed by atoms with Gasteiger partial charge in [0, 0.05) is 18.6 Å². The first-order valence-corrected chi connectivity index (χ1v) is 5.54. The first kappa shape index (κ1) is 15.5. The van der Waals surface area contributed by atoms with Gasteiger partial charge in [-0.05, 0) is 13.3 Å². The lowest BCUT2D eigenvalue weighted by Crippen LogP contribution is -2.32. The maximum Gasteiger partial charge on any atom is 0.418 e. The van der Waals surface area contributed by atoms with E-state index in [2.05, 4.69) is 14.2 Å². The molecule has 0 aliphatic heterocycles. The summed E-state index contributed by atoms with van der Waals surface area (Å²) in [6, 6.07) is -0.813. The SMILES string of the molecule is CC(NSNC(=O)OCCCC(=O)O)C(=O)O. The maximum atomic E-state index is 11.0. The van der Waals surface area contributed by atoms with E-state index in [0.717, 1.165) is 0 Å². The Balaban J connectivity index is 3.47. The van der Waals surface area contributed by atoms with Gasteiger partial charge in [-0.15, -0.1) is 0 Å². The van der Waals surface area contributed by atoms with Gasteiger partial charge < -0.3 is 14.9 Å². The van der Waals surface area contributed by atoms with Gasteiger partial charge in [0.05, 0.1) is 6.61 Å². The van der Waals surface area contributed by atoms with Crippen LogP contribution in [0.25, 0.3) is 0 Å². The van der Waals surface area contributed by atoms with Crippen LogP contribution in [0.15, 0.2) is 0 Å². The minimum absolute atomic E-state index is 0.00677. The van der Waals surface area contributed by atoms with E-state index in [9.17, 15) is 14.4 Å². The molecule has 1 atom stereocenters. The zero-order chi connectivity index (χ0) is 13.3. The van der Waals surface area contributed by atoms with Crippen LogP contribution in [0, 0.1) is 0 Å². The Bertz CT molecular complexity index is 285. The van der Waals surface area contributed by atoms with Crippen molar-refractivity contribution >= 4 is 30.2 Å². The Hall–Kier alpha value is -1.48. The van der Waals surface area contributed by atoms with Gasteiger partial charge in [-0.3, -0.25) is 14.3 Å². The third kappa shape index (κ3) is 9.45. The lowest BCUT2D eigenvalue weighted by Gasteiger charge is -2.08. The van der Waals surface area contributed by atoms with Crippen molar-refractivity contribution in [3.05, 3.63) is 0 Å². The van der Waals surface area contributed by atoms with Crippen molar-refractivity contribution in [2.75, 3.05) is 6.61 Å². The van der Waals surface area contributed by atoms with Crippen molar-refractivity contribution in [2.24, 2.45) is 0 Å². The average Bonchev–Trinajstić information content (AvgIpc) is 2.23. The minimum atomic E-state index is -1.05. The number of carboxylic acids is 2. The molecular weight excluding hydrogens is 252 g/mol. The van der Waals surface area contributed by atoms with E-state index in [1.54, 1.807) is 0 Å². The number of hydrogen-bond donors (Lipinski definition) is 4. The standard InChI is InChI=1S/C8H14N2O6S/c1-5(7(13)14)9-17-10-8(15)16-4-2-3-6(11)12/h5,9H,2-4H2,1H3,(H,10,15)(H,11,12)(H,13,14). The van der Waals surface area contributed by atoms with Crippen LogP contribution in [0.3, 0.4) is 0 Å². The van der Waals surface area contributed by atoms with E-state index in [0.29, 0.717) is 12.1 Å². The summed E-state index contributed by atoms with van der Waals surface area (Å²) in [5.41, 5.74) is 0. The molecule has 0 aliphatic rings. The van der Waals surface area contributed by atoms with E-state index < -0.39 is 24.1 Å². The first-order chi connectivity index (χ1) is 7.93. The Morgan fingerprint density at radius 2 is 2.00 bits per heavy atom. The summed E-state index contributed by atoms with van der Waals surface area (Å²) in [7, 11) is 0. The van der Waals surface area contributed by atoms with E-state index in [1.807, 2.05) is 0 Å². The number of carbonyl (C=O) groups is 3. The number of ether oxygens (including phenoxy) is 1. The van der Waals surface area contributed by atoms with Crippen LogP contribution in [-0.2, 0) is 14.3 Å². The number of carbonyl (C=O) groups excluding carboxylic acids is 1. The fraction of sp³-hybridized carbons (Fsp3) is 0.625. The molecule has 0 saturated carbocycles. The molecule has 0 fully saturated rings. The number of hydrogen-bond acceptors (Lipinski definition) is 6. The van der Waals surface area contributed by atoms with Crippen molar-refractivity contribution in [1.29, 1.82) is 0 Å². The number of rotatable bonds is 8. The second-order valence-corrected chi connectivity index (χ2v) is 3.66. The van der Waals surface area contributed by atoms with Crippen LogP contribution in [0.5, 0.6) is 0 Å². The van der Waals surface area contributed by atoms with Gasteiger partial charge in [0.1, 0.15) is 6.04 Å². The zero-order valence-electron chi connectivity index (χ0n) is 9.13. The van der Waals surface area contributed by atoms with E-state index in [1.165, 1.54) is 6.92 Å². The fourth-order valence-electron chi connectivity index (χ4n) is 0.628. The fourth-order valence-corrected chi connectivity index (χ4v) is 1.11. The second kappa shape index (κ2) is 8.65. The highest BCUT2D eigenvalue weighted by molar-refractivity contribution is 7.96. The van der Waals surface area contributed by atoms with Crippen molar-refractivity contribution in [3.63, 3.8) is 0 Å². The lowest BCUT2D eigenvalue weighted by molar-refractivity contribution is -0.138. The Labute approximate surface area is 102 Å². The van der Waals surface area contributed by atoms with Gasteiger partial charge in [0.15, 0.2) is 0 Å². The number of aliphatic carboxylic acids is 2. The molecule has 0 saturated heterocycles. The van der Waals surface area contributed by atoms with Crippen LogP contribution in [0.4, 0.5) is 4.79 Å². The van der Waals surface area contributed by atoms with Crippen molar-refractivity contribution in [3.8, 4) is 0 Å². The minimum Gasteiger partial charge on any atom is -0.481 e. The van der Waals surface area contributed by atoms with Crippen LogP contribution in [0.2, 0.25) is 0 Å². The molecule has 9 heteroatoms. The van der Waals surface area contributed by atoms with Crippen molar-refractivity contribution in [1.82, 2.24) is 9.44 Å². The summed E-state index contributed by atoms with van der Waals surface area (Å²) >= 11 is 0.690. The molecule has 4 N–H and O–H groups in total. The third-order valence-corrected chi connectivity index (χ3v) is 2.25. The molecule has 1 unspecified atom stereocenters. The smallest absolute Gasteiger partial charge is 0.418 e. The number of carboxylic acid groups (broad SMARTS) is 2. The summed E-state index contributed by atoms with van der Waals surface area (Å²) in [5.74, 6) is -2.01. The summed E-state index contributed by atoms with van der Waals surface area (Å²) < 4.78 is 9.24. The molecule has 0 radical (unpaired) electrons. The molecule has 0 heterocycles. The summed E-state index contributed by atoms with van der Waals surface area (Å²) in [5, 5.41) is 16.8.